The van der Waals surface area contributed by atoms with Crippen LogP contribution < -0.4 is 0 Å². The van der Waals surface area contributed by atoms with Gasteiger partial charge in [-0.15, -0.1) is 0 Å². The van der Waals surface area contributed by atoms with Crippen LogP contribution in [0.3, 0.4) is 0 Å². The second kappa shape index (κ2) is 5.09. The highest BCUT2D eigenvalue weighted by molar-refractivity contribution is 5.97. The lowest BCUT2D eigenvalue weighted by atomic mass is 10.2. The number of nitriles is 1. The molecule has 0 radical (unpaired) electrons. The molecule has 0 aliphatic heterocycles. The Morgan fingerprint density at radius 2 is 2.39 bits per heavy atom. The van der Waals surface area contributed by atoms with E-state index in [1.54, 1.807) is 13.0 Å². The van der Waals surface area contributed by atoms with Crippen molar-refractivity contribution >= 4 is 12.0 Å². The number of ether oxygens (including phenoxy) is 1. The summed E-state index contributed by atoms with van der Waals surface area (Å²) in [6.07, 6.45) is 2.56. The van der Waals surface area contributed by atoms with Gasteiger partial charge in [0.25, 0.3) is 0 Å². The molecule has 1 aliphatic rings. The minimum Gasteiger partial charge on any atom is -0.462 e. The van der Waals surface area contributed by atoms with Crippen LogP contribution in [0, 0.1) is 17.2 Å². The van der Waals surface area contributed by atoms with Gasteiger partial charge in [0, 0.05) is 12.0 Å². The van der Waals surface area contributed by atoms with Crippen molar-refractivity contribution in [2.24, 2.45) is 5.92 Å². The van der Waals surface area contributed by atoms with E-state index in [1.807, 2.05) is 12.1 Å². The number of nitrogens with zero attached hydrogens (tertiary/aromatic N) is 1. The molecule has 2 atom stereocenters. The fourth-order valence-corrected chi connectivity index (χ4v) is 1.85. The molecule has 0 saturated heterocycles. The Morgan fingerprint density at radius 1 is 1.67 bits per heavy atom. The van der Waals surface area contributed by atoms with Crippen LogP contribution in [0.2, 0.25) is 0 Å². The van der Waals surface area contributed by atoms with E-state index in [2.05, 4.69) is 6.92 Å². The molecular weight excluding hydrogens is 230 g/mol. The van der Waals surface area contributed by atoms with Gasteiger partial charge in [-0.2, -0.15) is 5.26 Å². The highest BCUT2D eigenvalue weighted by atomic mass is 16.5. The van der Waals surface area contributed by atoms with Gasteiger partial charge in [0.15, 0.2) is 0 Å². The van der Waals surface area contributed by atoms with E-state index >= 15 is 0 Å². The number of carbonyl (C=O) groups is 1. The molecule has 4 heteroatoms. The lowest BCUT2D eigenvalue weighted by molar-refractivity contribution is -0.137. The molecule has 1 aromatic rings. The van der Waals surface area contributed by atoms with Crippen LogP contribution in [0.5, 0.6) is 0 Å². The molecule has 94 valence electrons. The Bertz CT molecular complexity index is 521. The number of esters is 1. The number of furan rings is 1. The van der Waals surface area contributed by atoms with Gasteiger partial charge in [0.2, 0.25) is 0 Å². The SMILES string of the molecule is CCOC(=O)/C(C#N)=C/c1ccc([C@H]2C[C@H]2C)o1. The van der Waals surface area contributed by atoms with Gasteiger partial charge < -0.3 is 9.15 Å². The lowest BCUT2D eigenvalue weighted by Crippen LogP contribution is -2.05. The molecule has 0 N–H and O–H groups in total. The summed E-state index contributed by atoms with van der Waals surface area (Å²) in [5.41, 5.74) is -0.0402. The van der Waals surface area contributed by atoms with Crippen molar-refractivity contribution in [2.45, 2.75) is 26.2 Å². The fraction of sp³-hybridized carbons (Fsp3) is 0.429. The number of rotatable bonds is 4. The van der Waals surface area contributed by atoms with Crippen LogP contribution in [0.1, 0.15) is 37.7 Å². The molecule has 1 aromatic heterocycles. The Kier molecular flexibility index (Phi) is 3.52. The third-order valence-electron chi connectivity index (χ3n) is 3.02. The first kappa shape index (κ1) is 12.4. The van der Waals surface area contributed by atoms with Crippen LogP contribution in [-0.4, -0.2) is 12.6 Å². The Morgan fingerprint density at radius 3 is 2.94 bits per heavy atom. The van der Waals surface area contributed by atoms with E-state index in [0.29, 0.717) is 17.6 Å². The third kappa shape index (κ3) is 2.62. The van der Waals surface area contributed by atoms with Gasteiger partial charge in [-0.3, -0.25) is 0 Å². The molecule has 4 nitrogen and oxygen atoms in total. The summed E-state index contributed by atoms with van der Waals surface area (Å²) in [6.45, 7) is 4.12. The topological polar surface area (TPSA) is 63.2 Å². The molecule has 0 spiro atoms. The highest BCUT2D eigenvalue weighted by Crippen LogP contribution is 2.47. The second-order valence-electron chi connectivity index (χ2n) is 4.45. The molecule has 2 rings (SSSR count). The highest BCUT2D eigenvalue weighted by Gasteiger charge is 2.36. The Hall–Kier alpha value is -2.02. The van der Waals surface area contributed by atoms with E-state index in [4.69, 9.17) is 14.4 Å². The summed E-state index contributed by atoms with van der Waals surface area (Å²) >= 11 is 0. The molecule has 1 heterocycles. The summed E-state index contributed by atoms with van der Waals surface area (Å²) in [7, 11) is 0. The molecule has 18 heavy (non-hydrogen) atoms. The van der Waals surface area contributed by atoms with Crippen LogP contribution in [0.15, 0.2) is 22.1 Å². The predicted molar refractivity (Wildman–Crippen MR) is 65.5 cm³/mol. The zero-order valence-corrected chi connectivity index (χ0v) is 10.5. The van der Waals surface area contributed by atoms with Crippen molar-refractivity contribution in [1.82, 2.24) is 0 Å². The van der Waals surface area contributed by atoms with Crippen molar-refractivity contribution < 1.29 is 13.9 Å². The zero-order chi connectivity index (χ0) is 13.1. The standard InChI is InChI=1S/C14H15NO3/c1-3-17-14(16)10(8-15)7-11-4-5-13(18-11)12-6-9(12)2/h4-5,7,9,12H,3,6H2,1-2H3/b10-7+/t9-,12+/m1/s1. The van der Waals surface area contributed by atoms with Crippen molar-refractivity contribution in [1.29, 1.82) is 5.26 Å². The van der Waals surface area contributed by atoms with Crippen molar-refractivity contribution in [3.63, 3.8) is 0 Å². The Labute approximate surface area is 106 Å². The number of hydrogen-bond acceptors (Lipinski definition) is 4. The molecular formula is C14H15NO3. The van der Waals surface area contributed by atoms with Crippen molar-refractivity contribution in [3.05, 3.63) is 29.2 Å². The maximum Gasteiger partial charge on any atom is 0.349 e. The first-order chi connectivity index (χ1) is 8.65. The minimum atomic E-state index is -0.613. The van der Waals surface area contributed by atoms with Crippen molar-refractivity contribution in [3.8, 4) is 6.07 Å². The normalized spacial score (nSPS) is 22.4. The molecule has 0 aromatic carbocycles. The summed E-state index contributed by atoms with van der Waals surface area (Å²) < 4.78 is 10.4. The average Bonchev–Trinajstić information content (AvgIpc) is 2.91. The number of carbonyl (C=O) groups excluding carboxylic acids is 1. The number of hydrogen-bond donors (Lipinski definition) is 0. The van der Waals surface area contributed by atoms with Gasteiger partial charge in [0.05, 0.1) is 6.61 Å². The van der Waals surface area contributed by atoms with Gasteiger partial charge in [-0.05, 0) is 31.4 Å². The largest absolute Gasteiger partial charge is 0.462 e. The summed E-state index contributed by atoms with van der Waals surface area (Å²) in [6, 6.07) is 5.50. The summed E-state index contributed by atoms with van der Waals surface area (Å²) in [5.74, 6) is 1.98. The fourth-order valence-electron chi connectivity index (χ4n) is 1.85. The minimum absolute atomic E-state index is 0.0402. The third-order valence-corrected chi connectivity index (χ3v) is 3.02. The van der Waals surface area contributed by atoms with E-state index in [1.165, 1.54) is 6.08 Å². The van der Waals surface area contributed by atoms with Gasteiger partial charge in [0.1, 0.15) is 23.2 Å². The van der Waals surface area contributed by atoms with Gasteiger partial charge in [-0.25, -0.2) is 4.79 Å². The molecule has 1 aliphatic carbocycles. The van der Waals surface area contributed by atoms with E-state index < -0.39 is 5.97 Å². The maximum atomic E-state index is 11.4. The maximum absolute atomic E-state index is 11.4. The molecule has 1 fully saturated rings. The predicted octanol–water partition coefficient (Wildman–Crippen LogP) is 2.87. The van der Waals surface area contributed by atoms with E-state index in [-0.39, 0.29) is 12.2 Å². The summed E-state index contributed by atoms with van der Waals surface area (Å²) in [5, 5.41) is 8.89. The van der Waals surface area contributed by atoms with Crippen molar-refractivity contribution in [2.75, 3.05) is 6.61 Å². The van der Waals surface area contributed by atoms with Crippen LogP contribution >= 0.6 is 0 Å². The molecule has 1 saturated carbocycles. The second-order valence-corrected chi connectivity index (χ2v) is 4.45. The van der Waals surface area contributed by atoms with Crippen LogP contribution in [0.25, 0.3) is 6.08 Å². The van der Waals surface area contributed by atoms with E-state index in [0.717, 1.165) is 12.2 Å². The Balaban J connectivity index is 2.13. The summed E-state index contributed by atoms with van der Waals surface area (Å²) in [4.78, 5) is 11.4. The van der Waals surface area contributed by atoms with E-state index in [9.17, 15) is 4.79 Å². The average molecular weight is 245 g/mol. The van der Waals surface area contributed by atoms with Gasteiger partial charge in [-0.1, -0.05) is 6.92 Å². The quantitative estimate of drug-likeness (QED) is 0.465. The van der Waals surface area contributed by atoms with Gasteiger partial charge >= 0.3 is 5.97 Å². The molecule has 0 unspecified atom stereocenters. The molecule has 0 amide bonds. The van der Waals surface area contributed by atoms with Crippen LogP contribution in [0.4, 0.5) is 0 Å². The smallest absolute Gasteiger partial charge is 0.349 e. The monoisotopic (exact) mass is 245 g/mol. The first-order valence-electron chi connectivity index (χ1n) is 6.04. The first-order valence-corrected chi connectivity index (χ1v) is 6.04. The van der Waals surface area contributed by atoms with Crippen LogP contribution in [-0.2, 0) is 9.53 Å². The molecule has 0 bridgehead atoms. The zero-order valence-electron chi connectivity index (χ0n) is 10.5. The lowest BCUT2D eigenvalue weighted by Gasteiger charge is -1.98.